The van der Waals surface area contributed by atoms with E-state index in [-0.39, 0.29) is 16.7 Å². The first-order valence-electron chi connectivity index (χ1n) is 8.06. The summed E-state index contributed by atoms with van der Waals surface area (Å²) in [6, 6.07) is 11.8. The zero-order chi connectivity index (χ0) is 18.9. The first kappa shape index (κ1) is 18.0. The molecule has 0 spiro atoms. The first-order valence-corrected chi connectivity index (χ1v) is 9.50. The van der Waals surface area contributed by atoms with Gasteiger partial charge in [0, 0.05) is 12.1 Å². The molecule has 0 radical (unpaired) electrons. The normalized spacial score (nSPS) is 16.7. The molecule has 6 nitrogen and oxygen atoms in total. The third kappa shape index (κ3) is 3.17. The Morgan fingerprint density at radius 2 is 2.00 bits per heavy atom. The highest BCUT2D eigenvalue weighted by Crippen LogP contribution is 2.39. The van der Waals surface area contributed by atoms with Gasteiger partial charge in [-0.15, -0.1) is 0 Å². The second-order valence-electron chi connectivity index (χ2n) is 6.06. The largest absolute Gasteiger partial charge is 0.495 e. The molecular weight excluding hydrogens is 354 g/mol. The van der Waals surface area contributed by atoms with Crippen LogP contribution in [0.5, 0.6) is 5.75 Å². The molecule has 0 aliphatic carbocycles. The molecule has 1 heterocycles. The Morgan fingerprint density at radius 1 is 1.27 bits per heavy atom. The number of ether oxygens (including phenoxy) is 1. The van der Waals surface area contributed by atoms with Crippen molar-refractivity contribution in [3.63, 3.8) is 0 Å². The third-order valence-corrected chi connectivity index (χ3v) is 6.24. The number of hydrogen-bond donors (Lipinski definition) is 1. The molecule has 7 heteroatoms. The zero-order valence-electron chi connectivity index (χ0n) is 14.4. The van der Waals surface area contributed by atoms with Crippen LogP contribution in [0.15, 0.2) is 53.4 Å². The molecule has 1 aliphatic heterocycles. The molecule has 0 amide bonds. The maximum absolute atomic E-state index is 13.4. The monoisotopic (exact) mass is 373 g/mol. The summed E-state index contributed by atoms with van der Waals surface area (Å²) < 4.78 is 33.4. The summed E-state index contributed by atoms with van der Waals surface area (Å²) in [7, 11) is -2.47. The molecular formula is C19H19NO5S. The average Bonchev–Trinajstić information content (AvgIpc) is 2.96. The van der Waals surface area contributed by atoms with Crippen LogP contribution in [0.1, 0.15) is 18.1 Å². The lowest BCUT2D eigenvalue weighted by Gasteiger charge is -2.25. The minimum Gasteiger partial charge on any atom is -0.495 e. The minimum atomic E-state index is -3.88. The van der Waals surface area contributed by atoms with Crippen LogP contribution < -0.4 is 9.04 Å². The highest BCUT2D eigenvalue weighted by atomic mass is 32.2. The van der Waals surface area contributed by atoms with Gasteiger partial charge in [-0.3, -0.25) is 4.31 Å². The van der Waals surface area contributed by atoms with E-state index >= 15 is 0 Å². The number of anilines is 1. The van der Waals surface area contributed by atoms with E-state index in [4.69, 9.17) is 9.84 Å². The van der Waals surface area contributed by atoms with Gasteiger partial charge in [-0.1, -0.05) is 24.3 Å². The van der Waals surface area contributed by atoms with Gasteiger partial charge in [0.25, 0.3) is 10.0 Å². The Labute approximate surface area is 152 Å². The quantitative estimate of drug-likeness (QED) is 0.815. The molecule has 0 saturated carbocycles. The zero-order valence-corrected chi connectivity index (χ0v) is 15.2. The summed E-state index contributed by atoms with van der Waals surface area (Å²) in [6.45, 7) is 1.86. The van der Waals surface area contributed by atoms with E-state index in [1.807, 2.05) is 25.1 Å². The number of carboxylic acid groups (broad SMARTS) is 1. The maximum Gasteiger partial charge on any atom is 0.328 e. The fraction of sp³-hybridized carbons (Fsp3) is 0.211. The van der Waals surface area contributed by atoms with Crippen molar-refractivity contribution in [2.45, 2.75) is 24.3 Å². The van der Waals surface area contributed by atoms with Crippen molar-refractivity contribution in [1.82, 2.24) is 0 Å². The highest BCUT2D eigenvalue weighted by molar-refractivity contribution is 7.93. The van der Waals surface area contributed by atoms with Crippen LogP contribution in [0.25, 0.3) is 6.08 Å². The molecule has 0 unspecified atom stereocenters. The molecule has 0 aromatic heterocycles. The number of fused-ring (bicyclic) bond motifs is 1. The molecule has 136 valence electrons. The number of para-hydroxylation sites is 1. The predicted molar refractivity (Wildman–Crippen MR) is 98.9 cm³/mol. The number of rotatable bonds is 5. The second kappa shape index (κ2) is 6.84. The van der Waals surface area contributed by atoms with Crippen molar-refractivity contribution in [3.8, 4) is 5.75 Å². The Hall–Kier alpha value is -2.80. The van der Waals surface area contributed by atoms with Crippen LogP contribution in [0.2, 0.25) is 0 Å². The molecule has 0 fully saturated rings. The summed E-state index contributed by atoms with van der Waals surface area (Å²) in [4.78, 5) is 10.7. The molecule has 1 N–H and O–H groups in total. The molecule has 2 aromatic carbocycles. The van der Waals surface area contributed by atoms with Crippen LogP contribution >= 0.6 is 0 Å². The number of hydrogen-bond acceptors (Lipinski definition) is 4. The van der Waals surface area contributed by atoms with Crippen molar-refractivity contribution < 1.29 is 23.1 Å². The Kier molecular flexibility index (Phi) is 4.73. The van der Waals surface area contributed by atoms with E-state index in [0.29, 0.717) is 17.7 Å². The summed E-state index contributed by atoms with van der Waals surface area (Å²) >= 11 is 0. The Bertz CT molecular complexity index is 981. The van der Waals surface area contributed by atoms with Crippen LogP contribution in [-0.4, -0.2) is 32.6 Å². The van der Waals surface area contributed by atoms with E-state index < -0.39 is 16.0 Å². The van der Waals surface area contributed by atoms with Crippen LogP contribution in [0, 0.1) is 0 Å². The third-order valence-electron chi connectivity index (χ3n) is 4.29. The van der Waals surface area contributed by atoms with Crippen LogP contribution in [0.3, 0.4) is 0 Å². The van der Waals surface area contributed by atoms with Gasteiger partial charge in [0.2, 0.25) is 0 Å². The van der Waals surface area contributed by atoms with Crippen molar-refractivity contribution in [3.05, 3.63) is 59.7 Å². The summed E-state index contributed by atoms with van der Waals surface area (Å²) in [5.74, 6) is -0.888. The van der Waals surface area contributed by atoms with Crippen molar-refractivity contribution >= 4 is 27.8 Å². The van der Waals surface area contributed by atoms with Gasteiger partial charge >= 0.3 is 5.97 Å². The van der Waals surface area contributed by atoms with Gasteiger partial charge in [-0.05, 0) is 48.7 Å². The fourth-order valence-corrected chi connectivity index (χ4v) is 5.06. The molecule has 26 heavy (non-hydrogen) atoms. The van der Waals surface area contributed by atoms with E-state index in [9.17, 15) is 13.2 Å². The SMILES string of the molecule is COc1ccc(/C=C\C(=O)O)cc1S(=O)(=O)N1c2ccccc2C[C@@H]1C. The summed E-state index contributed by atoms with van der Waals surface area (Å²) in [6.07, 6.45) is 2.95. The lowest BCUT2D eigenvalue weighted by atomic mass is 10.1. The van der Waals surface area contributed by atoms with E-state index in [0.717, 1.165) is 11.6 Å². The molecule has 0 bridgehead atoms. The molecule has 1 aliphatic rings. The lowest BCUT2D eigenvalue weighted by molar-refractivity contribution is -0.131. The van der Waals surface area contributed by atoms with Gasteiger partial charge in [0.1, 0.15) is 10.6 Å². The number of sulfonamides is 1. The standard InChI is InChI=1S/C19H19NO5S/c1-13-11-15-5-3-4-6-16(15)20(13)26(23,24)18-12-14(8-10-19(21)22)7-9-17(18)25-2/h3-10,12-13H,11H2,1-2H3,(H,21,22)/b10-8-/t13-/m0/s1. The number of methoxy groups -OCH3 is 1. The van der Waals surface area contributed by atoms with Gasteiger partial charge < -0.3 is 9.84 Å². The average molecular weight is 373 g/mol. The number of carbonyl (C=O) groups is 1. The van der Waals surface area contributed by atoms with Gasteiger partial charge in [-0.2, -0.15) is 0 Å². The summed E-state index contributed by atoms with van der Waals surface area (Å²) in [5.41, 5.74) is 2.10. The topological polar surface area (TPSA) is 83.9 Å². The smallest absolute Gasteiger partial charge is 0.328 e. The minimum absolute atomic E-state index is 0.0103. The number of nitrogens with zero attached hydrogens (tertiary/aromatic N) is 1. The number of aliphatic carboxylic acids is 1. The van der Waals surface area contributed by atoms with Crippen molar-refractivity contribution in [2.75, 3.05) is 11.4 Å². The van der Waals surface area contributed by atoms with E-state index in [2.05, 4.69) is 0 Å². The van der Waals surface area contributed by atoms with Gasteiger partial charge in [0.15, 0.2) is 0 Å². The molecule has 3 rings (SSSR count). The molecule has 1 atom stereocenters. The molecule has 0 saturated heterocycles. The number of benzene rings is 2. The second-order valence-corrected chi connectivity index (χ2v) is 7.85. The van der Waals surface area contributed by atoms with Gasteiger partial charge in [0.05, 0.1) is 12.8 Å². The van der Waals surface area contributed by atoms with E-state index in [1.54, 1.807) is 12.1 Å². The number of carboxylic acids is 1. The maximum atomic E-state index is 13.4. The lowest BCUT2D eigenvalue weighted by Crippen LogP contribution is -2.36. The Balaban J connectivity index is 2.12. The van der Waals surface area contributed by atoms with Crippen molar-refractivity contribution in [2.24, 2.45) is 0 Å². The highest BCUT2D eigenvalue weighted by Gasteiger charge is 2.37. The van der Waals surface area contributed by atoms with E-state index in [1.165, 1.54) is 29.6 Å². The fourth-order valence-electron chi connectivity index (χ4n) is 3.18. The summed E-state index contributed by atoms with van der Waals surface area (Å²) in [5, 5.41) is 8.78. The van der Waals surface area contributed by atoms with Gasteiger partial charge in [-0.25, -0.2) is 13.2 Å². The first-order chi connectivity index (χ1) is 12.3. The van der Waals surface area contributed by atoms with Crippen molar-refractivity contribution in [1.29, 1.82) is 0 Å². The van der Waals surface area contributed by atoms with Crippen LogP contribution in [-0.2, 0) is 21.2 Å². The van der Waals surface area contributed by atoms with Crippen LogP contribution in [0.4, 0.5) is 5.69 Å². The predicted octanol–water partition coefficient (Wildman–Crippen LogP) is 2.93. The Morgan fingerprint density at radius 3 is 2.69 bits per heavy atom. The molecule has 2 aromatic rings.